The van der Waals surface area contributed by atoms with Crippen LogP contribution in [0.5, 0.6) is 11.8 Å². The molecule has 2 N–H and O–H groups in total. The topological polar surface area (TPSA) is 66.6 Å². The highest BCUT2D eigenvalue weighted by Gasteiger charge is 2.04. The molecule has 0 aliphatic carbocycles. The number of hydrogen-bond donors (Lipinski definition) is 1. The Morgan fingerprint density at radius 3 is 2.67 bits per heavy atom. The maximum atomic E-state index is 5.72. The number of anilines is 1. The van der Waals surface area contributed by atoms with Crippen LogP contribution in [0.4, 0.5) is 5.69 Å². The molecule has 1 aromatic heterocycles. The summed E-state index contributed by atoms with van der Waals surface area (Å²) in [6, 6.07) is 3.45. The molecule has 0 saturated heterocycles. The third-order valence-corrected chi connectivity index (χ3v) is 2.27. The number of aromatic nitrogens is 1. The number of unbranched alkanes of at least 4 members (excludes halogenated alkanes) is 1. The summed E-state index contributed by atoms with van der Waals surface area (Å²) in [6.07, 6.45) is 2.21. The minimum Gasteiger partial charge on any atom is -0.476 e. The van der Waals surface area contributed by atoms with Crippen molar-refractivity contribution in [1.29, 1.82) is 0 Å². The van der Waals surface area contributed by atoms with E-state index in [-0.39, 0.29) is 0 Å². The van der Waals surface area contributed by atoms with Crippen molar-refractivity contribution >= 4 is 5.69 Å². The molecule has 0 amide bonds. The summed E-state index contributed by atoms with van der Waals surface area (Å²) in [5.41, 5.74) is 6.23. The zero-order valence-electron chi connectivity index (χ0n) is 11.1. The number of rotatable bonds is 9. The molecule has 18 heavy (non-hydrogen) atoms. The number of nitrogens with two attached hydrogens (primary N) is 1. The summed E-state index contributed by atoms with van der Waals surface area (Å²) in [5.74, 6) is 0.925. The molecule has 5 heteroatoms. The molecule has 0 aromatic carbocycles. The van der Waals surface area contributed by atoms with E-state index in [0.29, 0.717) is 37.3 Å². The van der Waals surface area contributed by atoms with E-state index in [4.69, 9.17) is 19.9 Å². The molecule has 0 saturated carbocycles. The molecule has 5 nitrogen and oxygen atoms in total. The van der Waals surface area contributed by atoms with E-state index >= 15 is 0 Å². The number of hydrogen-bond acceptors (Lipinski definition) is 5. The SMILES string of the molecule is CCCCOCCOc1ccc(N)c(OCC)n1. The first kappa shape index (κ1) is 14.6. The molecule has 0 unspecified atom stereocenters. The molecule has 102 valence electrons. The van der Waals surface area contributed by atoms with E-state index in [0.717, 1.165) is 19.4 Å². The van der Waals surface area contributed by atoms with E-state index in [1.165, 1.54) is 0 Å². The van der Waals surface area contributed by atoms with Crippen molar-refractivity contribution < 1.29 is 14.2 Å². The van der Waals surface area contributed by atoms with E-state index in [1.807, 2.05) is 6.92 Å². The Bertz CT molecular complexity index is 345. The molecule has 0 aliphatic heterocycles. The second kappa shape index (κ2) is 8.58. The van der Waals surface area contributed by atoms with Crippen LogP contribution in [0, 0.1) is 0 Å². The zero-order chi connectivity index (χ0) is 13.2. The highest BCUT2D eigenvalue weighted by atomic mass is 16.5. The highest BCUT2D eigenvalue weighted by Crippen LogP contribution is 2.21. The zero-order valence-corrected chi connectivity index (χ0v) is 11.1. The molecule has 0 atom stereocenters. The summed E-state index contributed by atoms with van der Waals surface area (Å²) in [5, 5.41) is 0. The lowest BCUT2D eigenvalue weighted by Crippen LogP contribution is -2.09. The molecule has 0 radical (unpaired) electrons. The van der Waals surface area contributed by atoms with Crippen molar-refractivity contribution in [3.05, 3.63) is 12.1 Å². The largest absolute Gasteiger partial charge is 0.476 e. The van der Waals surface area contributed by atoms with Crippen LogP contribution >= 0.6 is 0 Å². The van der Waals surface area contributed by atoms with Gasteiger partial charge in [-0.1, -0.05) is 13.3 Å². The summed E-state index contributed by atoms with van der Waals surface area (Å²) >= 11 is 0. The Morgan fingerprint density at radius 1 is 1.11 bits per heavy atom. The quantitative estimate of drug-likeness (QED) is 0.685. The first-order valence-corrected chi connectivity index (χ1v) is 6.37. The monoisotopic (exact) mass is 254 g/mol. The third-order valence-electron chi connectivity index (χ3n) is 2.27. The molecule has 1 aromatic rings. The summed E-state index contributed by atoms with van der Waals surface area (Å²) in [7, 11) is 0. The third kappa shape index (κ3) is 5.23. The van der Waals surface area contributed by atoms with Gasteiger partial charge in [-0.05, 0) is 19.4 Å². The van der Waals surface area contributed by atoms with Gasteiger partial charge in [0.05, 0.1) is 18.9 Å². The average Bonchev–Trinajstić information content (AvgIpc) is 2.37. The summed E-state index contributed by atoms with van der Waals surface area (Å²) < 4.78 is 16.1. The minimum absolute atomic E-state index is 0.418. The predicted octanol–water partition coefficient (Wildman–Crippen LogP) is 2.26. The van der Waals surface area contributed by atoms with E-state index < -0.39 is 0 Å². The van der Waals surface area contributed by atoms with Gasteiger partial charge in [-0.25, -0.2) is 0 Å². The van der Waals surface area contributed by atoms with Crippen LogP contribution in [0.3, 0.4) is 0 Å². The van der Waals surface area contributed by atoms with Crippen LogP contribution in [-0.4, -0.2) is 31.4 Å². The Labute approximate surface area is 108 Å². The lowest BCUT2D eigenvalue weighted by Gasteiger charge is -2.09. The molecule has 0 aliphatic rings. The highest BCUT2D eigenvalue weighted by molar-refractivity contribution is 5.49. The Morgan fingerprint density at radius 2 is 1.94 bits per heavy atom. The van der Waals surface area contributed by atoms with Gasteiger partial charge < -0.3 is 19.9 Å². The van der Waals surface area contributed by atoms with E-state index in [2.05, 4.69) is 11.9 Å². The van der Waals surface area contributed by atoms with Crippen molar-refractivity contribution in [2.75, 3.05) is 32.2 Å². The van der Waals surface area contributed by atoms with Crippen molar-refractivity contribution in [2.24, 2.45) is 0 Å². The van der Waals surface area contributed by atoms with Crippen LogP contribution in [0.25, 0.3) is 0 Å². The first-order chi connectivity index (χ1) is 8.77. The number of ether oxygens (including phenoxy) is 3. The molecule has 1 rings (SSSR count). The van der Waals surface area contributed by atoms with Crippen molar-refractivity contribution in [1.82, 2.24) is 4.98 Å². The molecular formula is C13H22N2O3. The van der Waals surface area contributed by atoms with Gasteiger partial charge in [0.15, 0.2) is 0 Å². The first-order valence-electron chi connectivity index (χ1n) is 6.37. The Hall–Kier alpha value is -1.49. The van der Waals surface area contributed by atoms with Crippen LogP contribution in [0.15, 0.2) is 12.1 Å². The Balaban J connectivity index is 2.31. The van der Waals surface area contributed by atoms with Gasteiger partial charge in [0, 0.05) is 12.7 Å². The fourth-order valence-corrected chi connectivity index (χ4v) is 1.32. The fraction of sp³-hybridized carbons (Fsp3) is 0.615. The van der Waals surface area contributed by atoms with Crippen molar-refractivity contribution in [2.45, 2.75) is 26.7 Å². The second-order valence-electron chi connectivity index (χ2n) is 3.79. The summed E-state index contributed by atoms with van der Waals surface area (Å²) in [4.78, 5) is 4.17. The van der Waals surface area contributed by atoms with Crippen molar-refractivity contribution in [3.8, 4) is 11.8 Å². The number of nitrogens with zero attached hydrogens (tertiary/aromatic N) is 1. The number of pyridine rings is 1. The fourth-order valence-electron chi connectivity index (χ4n) is 1.32. The molecule has 1 heterocycles. The van der Waals surface area contributed by atoms with Crippen LogP contribution < -0.4 is 15.2 Å². The molecule has 0 bridgehead atoms. The van der Waals surface area contributed by atoms with E-state index in [9.17, 15) is 0 Å². The molecule has 0 spiro atoms. The number of nitrogen functional groups attached to an aromatic ring is 1. The summed E-state index contributed by atoms with van der Waals surface area (Å²) in [6.45, 7) is 6.37. The van der Waals surface area contributed by atoms with Crippen LogP contribution in [0.1, 0.15) is 26.7 Å². The van der Waals surface area contributed by atoms with Gasteiger partial charge in [0.25, 0.3) is 0 Å². The van der Waals surface area contributed by atoms with Crippen LogP contribution in [-0.2, 0) is 4.74 Å². The van der Waals surface area contributed by atoms with Gasteiger partial charge in [-0.2, -0.15) is 4.98 Å². The standard InChI is InChI=1S/C13H22N2O3/c1-3-5-8-16-9-10-18-12-7-6-11(14)13(15-12)17-4-2/h6-7H,3-5,8-10,14H2,1-2H3. The maximum Gasteiger partial charge on any atom is 0.240 e. The van der Waals surface area contributed by atoms with Gasteiger partial charge in [0.1, 0.15) is 6.61 Å². The van der Waals surface area contributed by atoms with Gasteiger partial charge in [0.2, 0.25) is 11.8 Å². The lowest BCUT2D eigenvalue weighted by atomic mass is 10.4. The maximum absolute atomic E-state index is 5.72. The lowest BCUT2D eigenvalue weighted by molar-refractivity contribution is 0.0962. The molecule has 0 fully saturated rings. The van der Waals surface area contributed by atoms with E-state index in [1.54, 1.807) is 12.1 Å². The normalized spacial score (nSPS) is 10.3. The smallest absolute Gasteiger partial charge is 0.240 e. The second-order valence-corrected chi connectivity index (χ2v) is 3.79. The van der Waals surface area contributed by atoms with Gasteiger partial charge in [-0.15, -0.1) is 0 Å². The van der Waals surface area contributed by atoms with Crippen LogP contribution in [0.2, 0.25) is 0 Å². The van der Waals surface area contributed by atoms with Gasteiger partial charge in [-0.3, -0.25) is 0 Å². The van der Waals surface area contributed by atoms with Gasteiger partial charge >= 0.3 is 0 Å². The molecular weight excluding hydrogens is 232 g/mol. The predicted molar refractivity (Wildman–Crippen MR) is 71.0 cm³/mol. The van der Waals surface area contributed by atoms with Crippen molar-refractivity contribution in [3.63, 3.8) is 0 Å². The Kier molecular flexibility index (Phi) is 6.94. The average molecular weight is 254 g/mol. The minimum atomic E-state index is 0.418.